The Morgan fingerprint density at radius 1 is 1.35 bits per heavy atom. The third kappa shape index (κ3) is 4.11. The van der Waals surface area contributed by atoms with E-state index in [1.807, 2.05) is 42.9 Å². The van der Waals surface area contributed by atoms with Crippen LogP contribution in [0.4, 0.5) is 17.3 Å². The molecule has 9 heteroatoms. The number of hydrogen-bond acceptors (Lipinski definition) is 8. The van der Waals surface area contributed by atoms with Gasteiger partial charge in [0.25, 0.3) is 0 Å². The molecule has 9 nitrogen and oxygen atoms in total. The molecule has 0 spiro atoms. The minimum atomic E-state index is -0.443. The monoisotopic (exact) mass is 459 g/mol. The van der Waals surface area contributed by atoms with Gasteiger partial charge in [-0.2, -0.15) is 10.4 Å². The fourth-order valence-electron chi connectivity index (χ4n) is 4.69. The largest absolute Gasteiger partial charge is 0.395 e. The standard InChI is InChI=1S/C25H29N7O2/c1-16-22(12-29-32(16)13-17-4-7-34-8-5-17)31-24-27-6-3-21(30-24)18-9-19(11-26)23-20(10-18)25(2,15-33)14-28-23/h3,6,9-10,12,17,28,33H,4-5,7-8,13-15H2,1-2H3,(H,27,30,31)/t25-/m1/s1. The molecule has 4 heterocycles. The van der Waals surface area contributed by atoms with E-state index >= 15 is 0 Å². The van der Waals surface area contributed by atoms with Crippen LogP contribution < -0.4 is 10.6 Å². The number of aliphatic hydroxyl groups is 1. The van der Waals surface area contributed by atoms with Crippen molar-refractivity contribution in [3.8, 4) is 17.3 Å². The molecule has 2 aliphatic heterocycles. The molecule has 1 fully saturated rings. The molecule has 1 aromatic carbocycles. The minimum absolute atomic E-state index is 0.00491. The molecule has 0 radical (unpaired) electrons. The van der Waals surface area contributed by atoms with E-state index in [0.717, 1.165) is 60.8 Å². The second-order valence-electron chi connectivity index (χ2n) is 9.40. The molecule has 176 valence electrons. The third-order valence-electron chi connectivity index (χ3n) is 6.99. The summed E-state index contributed by atoms with van der Waals surface area (Å²) in [6.45, 7) is 7.13. The topological polar surface area (TPSA) is 121 Å². The highest BCUT2D eigenvalue weighted by atomic mass is 16.5. The van der Waals surface area contributed by atoms with E-state index in [4.69, 9.17) is 9.72 Å². The van der Waals surface area contributed by atoms with Crippen molar-refractivity contribution in [2.75, 3.05) is 37.0 Å². The summed E-state index contributed by atoms with van der Waals surface area (Å²) in [6.07, 6.45) is 5.63. The number of aliphatic hydroxyl groups excluding tert-OH is 1. The molecule has 1 saturated heterocycles. The van der Waals surface area contributed by atoms with Crippen molar-refractivity contribution in [3.05, 3.63) is 47.4 Å². The van der Waals surface area contributed by atoms with Crippen molar-refractivity contribution in [2.45, 2.75) is 38.6 Å². The molecular formula is C25H29N7O2. The zero-order valence-corrected chi connectivity index (χ0v) is 19.5. The quantitative estimate of drug-likeness (QED) is 0.513. The van der Waals surface area contributed by atoms with Crippen LogP contribution in [0, 0.1) is 24.2 Å². The summed E-state index contributed by atoms with van der Waals surface area (Å²) >= 11 is 0. The summed E-state index contributed by atoms with van der Waals surface area (Å²) in [5.74, 6) is 1.04. The van der Waals surface area contributed by atoms with Crippen molar-refractivity contribution in [2.24, 2.45) is 5.92 Å². The van der Waals surface area contributed by atoms with Crippen molar-refractivity contribution < 1.29 is 9.84 Å². The number of nitrogens with one attached hydrogen (secondary N) is 2. The number of nitrogens with zero attached hydrogens (tertiary/aromatic N) is 5. The number of rotatable bonds is 6. The van der Waals surface area contributed by atoms with Gasteiger partial charge >= 0.3 is 0 Å². The smallest absolute Gasteiger partial charge is 0.227 e. The highest BCUT2D eigenvalue weighted by Crippen LogP contribution is 2.41. The van der Waals surface area contributed by atoms with Gasteiger partial charge in [0.2, 0.25) is 5.95 Å². The SMILES string of the molecule is Cc1c(Nc2nccc(-c3cc(C#N)c4c(c3)[C@@](C)(CO)CN4)n2)cnn1CC1CCOCC1. The van der Waals surface area contributed by atoms with Gasteiger partial charge in [-0.25, -0.2) is 9.97 Å². The van der Waals surface area contributed by atoms with Crippen LogP contribution in [0.2, 0.25) is 0 Å². The molecular weight excluding hydrogens is 430 g/mol. The molecule has 1 atom stereocenters. The Balaban J connectivity index is 1.40. The van der Waals surface area contributed by atoms with Gasteiger partial charge in [-0.15, -0.1) is 0 Å². The van der Waals surface area contributed by atoms with E-state index in [2.05, 4.69) is 26.8 Å². The van der Waals surface area contributed by atoms with Crippen molar-refractivity contribution >= 4 is 17.3 Å². The number of aromatic nitrogens is 4. The van der Waals surface area contributed by atoms with Crippen molar-refractivity contribution in [1.29, 1.82) is 5.26 Å². The lowest BCUT2D eigenvalue weighted by Gasteiger charge is -2.22. The fourth-order valence-corrected chi connectivity index (χ4v) is 4.69. The Labute approximate surface area is 198 Å². The second-order valence-corrected chi connectivity index (χ2v) is 9.40. The van der Waals surface area contributed by atoms with E-state index < -0.39 is 5.41 Å². The molecule has 2 aliphatic rings. The van der Waals surface area contributed by atoms with E-state index in [-0.39, 0.29) is 6.61 Å². The van der Waals surface area contributed by atoms with Gasteiger partial charge < -0.3 is 20.5 Å². The summed E-state index contributed by atoms with van der Waals surface area (Å²) in [6, 6.07) is 7.94. The molecule has 3 aromatic rings. The maximum atomic E-state index is 9.96. The molecule has 3 N–H and O–H groups in total. The molecule has 0 unspecified atom stereocenters. The number of fused-ring (bicyclic) bond motifs is 1. The van der Waals surface area contributed by atoms with Crippen LogP contribution in [0.1, 0.15) is 36.6 Å². The van der Waals surface area contributed by atoms with Gasteiger partial charge in [-0.05, 0) is 49.4 Å². The van der Waals surface area contributed by atoms with Gasteiger partial charge in [-0.1, -0.05) is 6.92 Å². The van der Waals surface area contributed by atoms with Crippen LogP contribution >= 0.6 is 0 Å². The highest BCUT2D eigenvalue weighted by molar-refractivity contribution is 5.76. The van der Waals surface area contributed by atoms with Gasteiger partial charge in [0.1, 0.15) is 6.07 Å². The van der Waals surface area contributed by atoms with E-state index in [1.165, 1.54) is 0 Å². The molecule has 0 bridgehead atoms. The lowest BCUT2D eigenvalue weighted by Crippen LogP contribution is -2.28. The second kappa shape index (κ2) is 9.05. The first-order valence-corrected chi connectivity index (χ1v) is 11.6. The fraction of sp³-hybridized carbons (Fsp3) is 0.440. The summed E-state index contributed by atoms with van der Waals surface area (Å²) in [7, 11) is 0. The van der Waals surface area contributed by atoms with E-state index in [1.54, 1.807) is 6.20 Å². The summed E-state index contributed by atoms with van der Waals surface area (Å²) in [5, 5.41) is 30.8. The Morgan fingerprint density at radius 3 is 2.94 bits per heavy atom. The Bertz CT molecular complexity index is 1240. The normalized spacial score (nSPS) is 19.9. The average Bonchev–Trinajstić information content (AvgIpc) is 3.39. The first-order chi connectivity index (χ1) is 16.5. The zero-order chi connectivity index (χ0) is 23.7. The van der Waals surface area contributed by atoms with Gasteiger partial charge in [0, 0.05) is 43.5 Å². The summed E-state index contributed by atoms with van der Waals surface area (Å²) in [4.78, 5) is 9.10. The molecule has 5 rings (SSSR count). The molecule has 2 aromatic heterocycles. The van der Waals surface area contributed by atoms with Gasteiger partial charge in [0.05, 0.1) is 41.1 Å². The Hall–Kier alpha value is -3.48. The highest BCUT2D eigenvalue weighted by Gasteiger charge is 2.36. The lowest BCUT2D eigenvalue weighted by molar-refractivity contribution is 0.0599. The van der Waals surface area contributed by atoms with Crippen LogP contribution in [0.25, 0.3) is 11.3 Å². The average molecular weight is 460 g/mol. The number of benzene rings is 1. The van der Waals surface area contributed by atoms with E-state index in [9.17, 15) is 10.4 Å². The van der Waals surface area contributed by atoms with Crippen molar-refractivity contribution in [3.63, 3.8) is 0 Å². The Morgan fingerprint density at radius 2 is 2.18 bits per heavy atom. The minimum Gasteiger partial charge on any atom is -0.395 e. The summed E-state index contributed by atoms with van der Waals surface area (Å²) in [5.41, 5.74) is 5.25. The lowest BCUT2D eigenvalue weighted by atomic mass is 9.83. The molecule has 0 aliphatic carbocycles. The number of hydrogen-bond donors (Lipinski definition) is 3. The van der Waals surface area contributed by atoms with Crippen LogP contribution in [0.15, 0.2) is 30.6 Å². The maximum absolute atomic E-state index is 9.96. The number of ether oxygens (including phenoxy) is 1. The maximum Gasteiger partial charge on any atom is 0.227 e. The van der Waals surface area contributed by atoms with E-state index in [0.29, 0.717) is 29.7 Å². The molecule has 0 amide bonds. The van der Waals surface area contributed by atoms with Crippen molar-refractivity contribution in [1.82, 2.24) is 19.7 Å². The summed E-state index contributed by atoms with van der Waals surface area (Å²) < 4.78 is 7.50. The third-order valence-corrected chi connectivity index (χ3v) is 6.99. The first kappa shape index (κ1) is 22.3. The van der Waals surface area contributed by atoms with Crippen LogP contribution in [-0.4, -0.2) is 51.2 Å². The molecule has 34 heavy (non-hydrogen) atoms. The van der Waals surface area contributed by atoms with Gasteiger partial charge in [0.15, 0.2) is 0 Å². The number of nitriles is 1. The molecule has 0 saturated carbocycles. The van der Waals surface area contributed by atoms with Crippen LogP contribution in [0.3, 0.4) is 0 Å². The van der Waals surface area contributed by atoms with Crippen LogP contribution in [0.5, 0.6) is 0 Å². The predicted octanol–water partition coefficient (Wildman–Crippen LogP) is 3.37. The Kier molecular flexibility index (Phi) is 5.94. The zero-order valence-electron chi connectivity index (χ0n) is 19.5. The predicted molar refractivity (Wildman–Crippen MR) is 129 cm³/mol. The number of anilines is 3. The van der Waals surface area contributed by atoms with Crippen LogP contribution in [-0.2, 0) is 16.7 Å². The van der Waals surface area contributed by atoms with Gasteiger partial charge in [-0.3, -0.25) is 4.68 Å². The first-order valence-electron chi connectivity index (χ1n) is 11.6.